The Labute approximate surface area is 106 Å². The van der Waals surface area contributed by atoms with Gasteiger partial charge < -0.3 is 15.8 Å². The van der Waals surface area contributed by atoms with Gasteiger partial charge in [0.15, 0.2) is 0 Å². The van der Waals surface area contributed by atoms with Crippen LogP contribution in [0.5, 0.6) is 5.75 Å². The summed E-state index contributed by atoms with van der Waals surface area (Å²) in [5, 5.41) is 3.05. The van der Waals surface area contributed by atoms with Crippen molar-refractivity contribution in [1.82, 2.24) is 0 Å². The highest BCUT2D eigenvalue weighted by atomic mass is 32.2. The van der Waals surface area contributed by atoms with Gasteiger partial charge in [-0.15, -0.1) is 0 Å². The molecule has 1 rings (SSSR count). The first-order chi connectivity index (χ1) is 8.19. The molecule has 0 spiro atoms. The first kappa shape index (κ1) is 14.0. The van der Waals surface area contributed by atoms with Crippen molar-refractivity contribution in [1.29, 1.82) is 0 Å². The van der Waals surface area contributed by atoms with Crippen LogP contribution in [-0.4, -0.2) is 25.2 Å². The molecular formula is C12H19FN2OS. The molecule has 0 aliphatic carbocycles. The van der Waals surface area contributed by atoms with Crippen LogP contribution in [0.25, 0.3) is 0 Å². The lowest BCUT2D eigenvalue weighted by Crippen LogP contribution is -2.05. The molecule has 0 aromatic heterocycles. The maximum atomic E-state index is 13.5. The summed E-state index contributed by atoms with van der Waals surface area (Å²) >= 11 is 1.88. The Morgan fingerprint density at radius 3 is 2.88 bits per heavy atom. The van der Waals surface area contributed by atoms with Crippen LogP contribution < -0.4 is 15.8 Å². The van der Waals surface area contributed by atoms with E-state index in [9.17, 15) is 4.39 Å². The largest absolute Gasteiger partial charge is 0.495 e. The molecule has 0 aliphatic heterocycles. The molecule has 0 amide bonds. The lowest BCUT2D eigenvalue weighted by Gasteiger charge is -2.11. The van der Waals surface area contributed by atoms with Crippen LogP contribution in [0.4, 0.5) is 15.8 Å². The topological polar surface area (TPSA) is 47.3 Å². The third kappa shape index (κ3) is 4.34. The number of thioether (sulfide) groups is 1. The first-order valence-corrected chi connectivity index (χ1v) is 6.79. The van der Waals surface area contributed by atoms with Crippen LogP contribution in [0.1, 0.15) is 13.3 Å². The Morgan fingerprint density at radius 2 is 2.24 bits per heavy atom. The lowest BCUT2D eigenvalue weighted by molar-refractivity contribution is 0.416. The van der Waals surface area contributed by atoms with Gasteiger partial charge in [-0.2, -0.15) is 11.8 Å². The third-order valence-corrected chi connectivity index (χ3v) is 3.29. The van der Waals surface area contributed by atoms with E-state index in [0.717, 1.165) is 24.5 Å². The summed E-state index contributed by atoms with van der Waals surface area (Å²) in [7, 11) is 1.52. The summed E-state index contributed by atoms with van der Waals surface area (Å²) < 4.78 is 18.6. The zero-order chi connectivity index (χ0) is 12.7. The van der Waals surface area contributed by atoms with Gasteiger partial charge in [0.05, 0.1) is 18.5 Å². The highest BCUT2D eigenvalue weighted by molar-refractivity contribution is 7.99. The molecular weight excluding hydrogens is 239 g/mol. The molecule has 0 bridgehead atoms. The number of rotatable bonds is 7. The van der Waals surface area contributed by atoms with E-state index in [2.05, 4.69) is 12.2 Å². The van der Waals surface area contributed by atoms with Gasteiger partial charge in [0.25, 0.3) is 0 Å². The van der Waals surface area contributed by atoms with E-state index in [4.69, 9.17) is 10.5 Å². The Morgan fingerprint density at radius 1 is 1.47 bits per heavy atom. The van der Waals surface area contributed by atoms with Crippen LogP contribution in [0.15, 0.2) is 12.1 Å². The maximum absolute atomic E-state index is 13.5. The fourth-order valence-electron chi connectivity index (χ4n) is 1.42. The SMILES string of the molecule is CCSCCCNc1cc(OC)c(N)cc1F. The van der Waals surface area contributed by atoms with Crippen LogP contribution in [-0.2, 0) is 0 Å². The van der Waals surface area contributed by atoms with Crippen molar-refractivity contribution in [2.45, 2.75) is 13.3 Å². The number of nitrogens with two attached hydrogens (primary N) is 1. The third-order valence-electron chi connectivity index (χ3n) is 2.30. The summed E-state index contributed by atoms with van der Waals surface area (Å²) in [5.41, 5.74) is 6.36. The number of nitrogen functional groups attached to an aromatic ring is 1. The van der Waals surface area contributed by atoms with E-state index in [1.165, 1.54) is 13.2 Å². The number of anilines is 2. The quantitative estimate of drug-likeness (QED) is 0.583. The second kappa shape index (κ2) is 7.27. The summed E-state index contributed by atoms with van der Waals surface area (Å²) in [6.45, 7) is 2.87. The van der Waals surface area contributed by atoms with E-state index in [1.54, 1.807) is 6.07 Å². The van der Waals surface area contributed by atoms with E-state index >= 15 is 0 Å². The van der Waals surface area contributed by atoms with Gasteiger partial charge in [-0.05, 0) is 17.9 Å². The normalized spacial score (nSPS) is 10.3. The fraction of sp³-hybridized carbons (Fsp3) is 0.500. The summed E-state index contributed by atoms with van der Waals surface area (Å²) in [6.07, 6.45) is 1.00. The molecule has 5 heteroatoms. The molecule has 3 nitrogen and oxygen atoms in total. The standard InChI is InChI=1S/C12H19FN2OS/c1-3-17-6-4-5-15-11-8-12(16-2)10(14)7-9(11)13/h7-8,15H,3-6,14H2,1-2H3. The highest BCUT2D eigenvalue weighted by Gasteiger charge is 2.07. The smallest absolute Gasteiger partial charge is 0.148 e. The Kier molecular flexibility index (Phi) is 5.97. The molecule has 0 saturated carbocycles. The van der Waals surface area contributed by atoms with Crippen molar-refractivity contribution in [3.8, 4) is 5.75 Å². The molecule has 0 atom stereocenters. The number of ether oxygens (including phenoxy) is 1. The van der Waals surface area contributed by atoms with Crippen LogP contribution in [0, 0.1) is 5.82 Å². The van der Waals surface area contributed by atoms with Gasteiger partial charge in [0.1, 0.15) is 11.6 Å². The molecule has 96 valence electrons. The Hall–Kier alpha value is -1.10. The van der Waals surface area contributed by atoms with Crippen LogP contribution >= 0.6 is 11.8 Å². The molecule has 1 aromatic rings. The van der Waals surface area contributed by atoms with Crippen molar-refractivity contribution in [2.75, 3.05) is 36.2 Å². The van der Waals surface area contributed by atoms with Gasteiger partial charge in [-0.25, -0.2) is 4.39 Å². The van der Waals surface area contributed by atoms with Crippen molar-refractivity contribution < 1.29 is 9.13 Å². The van der Waals surface area contributed by atoms with Gasteiger partial charge in [-0.1, -0.05) is 6.92 Å². The van der Waals surface area contributed by atoms with Crippen molar-refractivity contribution in [2.24, 2.45) is 0 Å². The van der Waals surface area contributed by atoms with Crippen molar-refractivity contribution in [3.63, 3.8) is 0 Å². The van der Waals surface area contributed by atoms with Crippen LogP contribution in [0.2, 0.25) is 0 Å². The molecule has 0 aliphatic rings. The van der Waals surface area contributed by atoms with Crippen LogP contribution in [0.3, 0.4) is 0 Å². The molecule has 0 radical (unpaired) electrons. The fourth-order valence-corrected chi connectivity index (χ4v) is 2.06. The number of halogens is 1. The van der Waals surface area contributed by atoms with Gasteiger partial charge >= 0.3 is 0 Å². The number of nitrogens with one attached hydrogen (secondary N) is 1. The zero-order valence-electron chi connectivity index (χ0n) is 10.3. The Bertz CT molecular complexity index is 361. The van der Waals surface area contributed by atoms with Gasteiger partial charge in [0, 0.05) is 18.7 Å². The minimum Gasteiger partial charge on any atom is -0.495 e. The second-order valence-corrected chi connectivity index (χ2v) is 4.95. The monoisotopic (exact) mass is 258 g/mol. The van der Waals surface area contributed by atoms with E-state index in [0.29, 0.717) is 17.1 Å². The summed E-state index contributed by atoms with van der Waals surface area (Å²) in [4.78, 5) is 0. The van der Waals surface area contributed by atoms with Gasteiger partial charge in [-0.3, -0.25) is 0 Å². The Balaban J connectivity index is 2.52. The molecule has 3 N–H and O–H groups in total. The second-order valence-electron chi connectivity index (χ2n) is 3.55. The van der Waals surface area contributed by atoms with E-state index in [-0.39, 0.29) is 5.82 Å². The predicted octanol–water partition coefficient (Wildman–Crippen LogP) is 2.97. The predicted molar refractivity (Wildman–Crippen MR) is 73.5 cm³/mol. The minimum atomic E-state index is -0.341. The molecule has 17 heavy (non-hydrogen) atoms. The number of hydrogen-bond donors (Lipinski definition) is 2. The maximum Gasteiger partial charge on any atom is 0.148 e. The molecule has 0 heterocycles. The average molecular weight is 258 g/mol. The number of benzene rings is 1. The zero-order valence-corrected chi connectivity index (χ0v) is 11.1. The molecule has 0 saturated heterocycles. The number of hydrogen-bond acceptors (Lipinski definition) is 4. The van der Waals surface area contributed by atoms with Crippen molar-refractivity contribution >= 4 is 23.1 Å². The lowest BCUT2D eigenvalue weighted by atomic mass is 10.2. The average Bonchev–Trinajstić information content (AvgIpc) is 2.31. The van der Waals surface area contributed by atoms with E-state index in [1.807, 2.05) is 11.8 Å². The van der Waals surface area contributed by atoms with Crippen molar-refractivity contribution in [3.05, 3.63) is 17.9 Å². The molecule has 0 unspecified atom stereocenters. The highest BCUT2D eigenvalue weighted by Crippen LogP contribution is 2.28. The minimum absolute atomic E-state index is 0.317. The van der Waals surface area contributed by atoms with Gasteiger partial charge in [0.2, 0.25) is 0 Å². The summed E-state index contributed by atoms with van der Waals surface area (Å²) in [6, 6.07) is 2.87. The number of methoxy groups -OCH3 is 1. The summed E-state index contributed by atoms with van der Waals surface area (Å²) in [5.74, 6) is 2.35. The molecule has 1 aromatic carbocycles. The first-order valence-electron chi connectivity index (χ1n) is 5.63. The van der Waals surface area contributed by atoms with E-state index < -0.39 is 0 Å². The molecule has 0 fully saturated rings.